The number of piperidine rings is 1. The minimum atomic E-state index is -0.660. The molecule has 0 amide bonds. The Labute approximate surface area is 97.9 Å². The van der Waals surface area contributed by atoms with Gasteiger partial charge in [-0.15, -0.1) is 0 Å². The lowest BCUT2D eigenvalue weighted by Gasteiger charge is -2.46. The third kappa shape index (κ3) is 1.87. The molecule has 1 aliphatic heterocycles. The molecule has 0 aliphatic carbocycles. The second kappa shape index (κ2) is 4.19. The predicted octanol–water partition coefficient (Wildman–Crippen LogP) is 2.23. The molecule has 1 aromatic rings. The van der Waals surface area contributed by atoms with E-state index in [0.29, 0.717) is 6.04 Å². The smallest absolute Gasteiger partial charge is 0.0948 e. The first-order valence-electron chi connectivity index (χ1n) is 6.02. The SMILES string of the molecule is C[C@@H]1C[C@@](O)(c2ccccc2)[C@@H](C)CN1C. The fourth-order valence-corrected chi connectivity index (χ4v) is 2.70. The standard InChI is InChI=1S/C14H21NO/c1-11-10-15(3)12(2)9-14(11,16)13-7-5-4-6-8-13/h4-8,11-12,16H,9-10H2,1-3H3/t11-,12+,14-/m0/s1. The van der Waals surface area contributed by atoms with Crippen LogP contribution in [0.5, 0.6) is 0 Å². The van der Waals surface area contributed by atoms with E-state index >= 15 is 0 Å². The van der Waals surface area contributed by atoms with Gasteiger partial charge in [0.25, 0.3) is 0 Å². The predicted molar refractivity (Wildman–Crippen MR) is 66.2 cm³/mol. The molecule has 3 atom stereocenters. The molecule has 88 valence electrons. The molecule has 0 spiro atoms. The Kier molecular flexibility index (Phi) is 3.04. The summed E-state index contributed by atoms with van der Waals surface area (Å²) in [7, 11) is 2.13. The van der Waals surface area contributed by atoms with Crippen LogP contribution >= 0.6 is 0 Å². The molecule has 1 fully saturated rings. The number of nitrogens with zero attached hydrogens (tertiary/aromatic N) is 1. The minimum absolute atomic E-state index is 0.274. The van der Waals surface area contributed by atoms with Crippen LogP contribution in [0.4, 0.5) is 0 Å². The average molecular weight is 219 g/mol. The van der Waals surface area contributed by atoms with Crippen molar-refractivity contribution in [3.8, 4) is 0 Å². The summed E-state index contributed by atoms with van der Waals surface area (Å²) in [5.41, 5.74) is 0.398. The summed E-state index contributed by atoms with van der Waals surface area (Å²) in [6, 6.07) is 10.5. The molecule has 1 saturated heterocycles. The van der Waals surface area contributed by atoms with Crippen molar-refractivity contribution in [2.45, 2.75) is 31.9 Å². The Bertz CT molecular complexity index is 351. The first-order chi connectivity index (χ1) is 7.54. The number of benzene rings is 1. The Morgan fingerprint density at radius 2 is 1.88 bits per heavy atom. The molecule has 1 N–H and O–H groups in total. The van der Waals surface area contributed by atoms with Crippen molar-refractivity contribution in [1.29, 1.82) is 0 Å². The van der Waals surface area contributed by atoms with E-state index in [9.17, 15) is 5.11 Å². The molecular formula is C14H21NO. The fraction of sp³-hybridized carbons (Fsp3) is 0.571. The average Bonchev–Trinajstić information content (AvgIpc) is 2.28. The van der Waals surface area contributed by atoms with E-state index in [1.807, 2.05) is 30.3 Å². The monoisotopic (exact) mass is 219 g/mol. The first-order valence-corrected chi connectivity index (χ1v) is 6.02. The van der Waals surface area contributed by atoms with Gasteiger partial charge >= 0.3 is 0 Å². The molecule has 0 unspecified atom stereocenters. The van der Waals surface area contributed by atoms with Crippen LogP contribution < -0.4 is 0 Å². The Morgan fingerprint density at radius 3 is 2.50 bits per heavy atom. The third-order valence-corrected chi connectivity index (χ3v) is 4.01. The second-order valence-electron chi connectivity index (χ2n) is 5.18. The lowest BCUT2D eigenvalue weighted by Crippen LogP contribution is -2.51. The fourth-order valence-electron chi connectivity index (χ4n) is 2.70. The number of likely N-dealkylation sites (tertiary alicyclic amines) is 1. The lowest BCUT2D eigenvalue weighted by molar-refractivity contribution is -0.0843. The summed E-state index contributed by atoms with van der Waals surface area (Å²) in [6.07, 6.45) is 0.814. The summed E-state index contributed by atoms with van der Waals surface area (Å²) in [5, 5.41) is 10.9. The zero-order chi connectivity index (χ0) is 11.8. The molecule has 0 saturated carbocycles. The number of rotatable bonds is 1. The Balaban J connectivity index is 2.31. The number of hydrogen-bond donors (Lipinski definition) is 1. The van der Waals surface area contributed by atoms with Crippen LogP contribution in [-0.4, -0.2) is 29.6 Å². The van der Waals surface area contributed by atoms with E-state index in [-0.39, 0.29) is 5.92 Å². The summed E-state index contributed by atoms with van der Waals surface area (Å²) < 4.78 is 0. The van der Waals surface area contributed by atoms with Gasteiger partial charge in [-0.05, 0) is 26.0 Å². The summed E-state index contributed by atoms with van der Waals surface area (Å²) >= 11 is 0. The van der Waals surface area contributed by atoms with Gasteiger partial charge in [-0.1, -0.05) is 37.3 Å². The highest BCUT2D eigenvalue weighted by atomic mass is 16.3. The van der Waals surface area contributed by atoms with Gasteiger partial charge in [0.15, 0.2) is 0 Å². The third-order valence-electron chi connectivity index (χ3n) is 4.01. The van der Waals surface area contributed by atoms with Crippen molar-refractivity contribution in [2.24, 2.45) is 5.92 Å². The maximum Gasteiger partial charge on any atom is 0.0948 e. The van der Waals surface area contributed by atoms with Gasteiger partial charge in [0.1, 0.15) is 0 Å². The molecule has 1 aromatic carbocycles. The summed E-state index contributed by atoms with van der Waals surface area (Å²) in [4.78, 5) is 2.32. The summed E-state index contributed by atoms with van der Waals surface area (Å²) in [6.45, 7) is 5.27. The van der Waals surface area contributed by atoms with Crippen molar-refractivity contribution in [3.05, 3.63) is 35.9 Å². The molecule has 1 heterocycles. The molecule has 0 bridgehead atoms. The van der Waals surface area contributed by atoms with Crippen molar-refractivity contribution in [1.82, 2.24) is 4.90 Å². The quantitative estimate of drug-likeness (QED) is 0.783. The number of aliphatic hydroxyl groups is 1. The Morgan fingerprint density at radius 1 is 1.25 bits per heavy atom. The van der Waals surface area contributed by atoms with Crippen LogP contribution in [0.3, 0.4) is 0 Å². The van der Waals surface area contributed by atoms with Crippen molar-refractivity contribution >= 4 is 0 Å². The molecule has 0 aromatic heterocycles. The largest absolute Gasteiger partial charge is 0.385 e. The van der Waals surface area contributed by atoms with E-state index < -0.39 is 5.60 Å². The Hall–Kier alpha value is -0.860. The van der Waals surface area contributed by atoms with E-state index in [0.717, 1.165) is 18.5 Å². The first kappa shape index (κ1) is 11.6. The van der Waals surface area contributed by atoms with Gasteiger partial charge in [0, 0.05) is 18.5 Å². The van der Waals surface area contributed by atoms with Crippen molar-refractivity contribution in [3.63, 3.8) is 0 Å². The molecular weight excluding hydrogens is 198 g/mol. The van der Waals surface area contributed by atoms with Crippen LogP contribution in [0, 0.1) is 5.92 Å². The van der Waals surface area contributed by atoms with Crippen molar-refractivity contribution in [2.75, 3.05) is 13.6 Å². The molecule has 2 nitrogen and oxygen atoms in total. The normalized spacial score (nSPS) is 36.2. The van der Waals surface area contributed by atoms with Gasteiger partial charge in [-0.25, -0.2) is 0 Å². The highest BCUT2D eigenvalue weighted by molar-refractivity contribution is 5.24. The lowest BCUT2D eigenvalue weighted by atomic mass is 9.74. The molecule has 1 aliphatic rings. The molecule has 2 rings (SSSR count). The zero-order valence-corrected chi connectivity index (χ0v) is 10.4. The molecule has 16 heavy (non-hydrogen) atoms. The van der Waals surface area contributed by atoms with Gasteiger partial charge in [0.05, 0.1) is 5.60 Å². The number of hydrogen-bond acceptors (Lipinski definition) is 2. The van der Waals surface area contributed by atoms with Crippen LogP contribution in [-0.2, 0) is 5.60 Å². The van der Waals surface area contributed by atoms with E-state index in [1.165, 1.54) is 0 Å². The maximum absolute atomic E-state index is 10.9. The molecule has 2 heteroatoms. The van der Waals surface area contributed by atoms with Gasteiger partial charge in [-0.3, -0.25) is 0 Å². The topological polar surface area (TPSA) is 23.5 Å². The van der Waals surface area contributed by atoms with E-state index in [1.54, 1.807) is 0 Å². The highest BCUT2D eigenvalue weighted by Gasteiger charge is 2.42. The van der Waals surface area contributed by atoms with Gasteiger partial charge < -0.3 is 10.0 Å². The minimum Gasteiger partial charge on any atom is -0.385 e. The van der Waals surface area contributed by atoms with Gasteiger partial charge in [0.2, 0.25) is 0 Å². The van der Waals surface area contributed by atoms with Crippen LogP contribution in [0.1, 0.15) is 25.8 Å². The van der Waals surface area contributed by atoms with Gasteiger partial charge in [-0.2, -0.15) is 0 Å². The maximum atomic E-state index is 10.9. The molecule has 0 radical (unpaired) electrons. The van der Waals surface area contributed by atoms with Crippen molar-refractivity contribution < 1.29 is 5.11 Å². The van der Waals surface area contributed by atoms with Crippen LogP contribution in [0.15, 0.2) is 30.3 Å². The van der Waals surface area contributed by atoms with Crippen LogP contribution in [0.25, 0.3) is 0 Å². The highest BCUT2D eigenvalue weighted by Crippen LogP contribution is 2.39. The van der Waals surface area contributed by atoms with E-state index in [2.05, 4.69) is 25.8 Å². The second-order valence-corrected chi connectivity index (χ2v) is 5.18. The van der Waals surface area contributed by atoms with Crippen LogP contribution in [0.2, 0.25) is 0 Å². The van der Waals surface area contributed by atoms with E-state index in [4.69, 9.17) is 0 Å². The zero-order valence-electron chi connectivity index (χ0n) is 10.4. The summed E-state index contributed by atoms with van der Waals surface area (Å²) in [5.74, 6) is 0.274.